The van der Waals surface area contributed by atoms with Gasteiger partial charge in [-0.15, -0.1) is 0 Å². The molecule has 0 bridgehead atoms. The van der Waals surface area contributed by atoms with Crippen molar-refractivity contribution in [3.05, 3.63) is 58.5 Å². The predicted molar refractivity (Wildman–Crippen MR) is 88.4 cm³/mol. The van der Waals surface area contributed by atoms with Gasteiger partial charge >= 0.3 is 5.97 Å². The van der Waals surface area contributed by atoms with E-state index in [9.17, 15) is 4.79 Å². The Balaban J connectivity index is 1.93. The molecule has 6 heteroatoms. The number of furan rings is 1. The molecule has 3 rings (SSSR count). The molecule has 0 radical (unpaired) electrons. The van der Waals surface area contributed by atoms with Crippen molar-refractivity contribution in [3.63, 3.8) is 0 Å². The second-order valence-electron chi connectivity index (χ2n) is 4.76. The van der Waals surface area contributed by atoms with E-state index in [1.165, 1.54) is 6.26 Å². The smallest absolute Gasteiger partial charge is 0.342 e. The first-order chi connectivity index (χ1) is 11.2. The number of carbonyl (C=O) groups is 1. The Morgan fingerprint density at radius 1 is 1.35 bits per heavy atom. The quantitative estimate of drug-likeness (QED) is 0.620. The van der Waals surface area contributed by atoms with Crippen molar-refractivity contribution >= 4 is 32.9 Å². The molecule has 0 unspecified atom stereocenters. The van der Waals surface area contributed by atoms with Crippen molar-refractivity contribution in [3.8, 4) is 5.75 Å². The number of pyridine rings is 1. The molecule has 0 atom stereocenters. The van der Waals surface area contributed by atoms with Crippen molar-refractivity contribution < 1.29 is 18.7 Å². The minimum absolute atomic E-state index is 0.307. The highest BCUT2D eigenvalue weighted by Gasteiger charge is 2.18. The van der Waals surface area contributed by atoms with Gasteiger partial charge in [0.1, 0.15) is 18.4 Å². The van der Waals surface area contributed by atoms with Crippen LogP contribution in [-0.4, -0.2) is 17.6 Å². The number of carbonyl (C=O) groups excluding carboxylic acids is 1. The lowest BCUT2D eigenvalue weighted by Gasteiger charge is -2.07. The highest BCUT2D eigenvalue weighted by molar-refractivity contribution is 9.10. The largest absolute Gasteiger partial charge is 0.483 e. The lowest BCUT2D eigenvalue weighted by Crippen LogP contribution is -2.03. The molecule has 1 aromatic carbocycles. The van der Waals surface area contributed by atoms with Crippen LogP contribution in [0.2, 0.25) is 0 Å². The third kappa shape index (κ3) is 3.37. The van der Waals surface area contributed by atoms with Crippen molar-refractivity contribution in [2.45, 2.75) is 13.5 Å². The molecule has 0 fully saturated rings. The summed E-state index contributed by atoms with van der Waals surface area (Å²) < 4.78 is 17.1. The minimum Gasteiger partial charge on any atom is -0.483 e. The van der Waals surface area contributed by atoms with Crippen molar-refractivity contribution in [2.75, 3.05) is 6.61 Å². The van der Waals surface area contributed by atoms with Crippen LogP contribution in [0.4, 0.5) is 0 Å². The first kappa shape index (κ1) is 15.6. The van der Waals surface area contributed by atoms with Gasteiger partial charge in [-0.2, -0.15) is 0 Å². The lowest BCUT2D eigenvalue weighted by atomic mass is 10.1. The molecule has 5 nitrogen and oxygen atoms in total. The van der Waals surface area contributed by atoms with Crippen LogP contribution in [0.5, 0.6) is 5.75 Å². The van der Waals surface area contributed by atoms with Crippen LogP contribution in [0.3, 0.4) is 0 Å². The summed E-state index contributed by atoms with van der Waals surface area (Å²) in [6.45, 7) is 2.38. The number of nitrogens with zero attached hydrogens (tertiary/aromatic N) is 1. The van der Waals surface area contributed by atoms with Crippen LogP contribution in [0, 0.1) is 0 Å². The van der Waals surface area contributed by atoms with Gasteiger partial charge in [0.2, 0.25) is 0 Å². The number of benzene rings is 1. The SMILES string of the molecule is CCOC(=O)c1coc2c(OCc3ccccn3)cc(Br)cc12. The maximum atomic E-state index is 12.0. The summed E-state index contributed by atoms with van der Waals surface area (Å²) >= 11 is 3.43. The fourth-order valence-corrected chi connectivity index (χ4v) is 2.62. The molecule has 0 aliphatic carbocycles. The van der Waals surface area contributed by atoms with E-state index in [0.29, 0.717) is 35.5 Å². The maximum Gasteiger partial charge on any atom is 0.342 e. The van der Waals surface area contributed by atoms with Crippen LogP contribution in [-0.2, 0) is 11.3 Å². The van der Waals surface area contributed by atoms with E-state index in [-0.39, 0.29) is 0 Å². The third-order valence-electron chi connectivity index (χ3n) is 3.20. The van der Waals surface area contributed by atoms with Gasteiger partial charge in [0.15, 0.2) is 11.3 Å². The first-order valence-corrected chi connectivity index (χ1v) is 7.89. The Labute approximate surface area is 141 Å². The summed E-state index contributed by atoms with van der Waals surface area (Å²) in [5.41, 5.74) is 1.69. The van der Waals surface area contributed by atoms with Crippen molar-refractivity contribution in [1.29, 1.82) is 0 Å². The van der Waals surface area contributed by atoms with E-state index in [4.69, 9.17) is 13.9 Å². The number of esters is 1. The summed E-state index contributed by atoms with van der Waals surface area (Å²) in [7, 11) is 0. The molecule has 0 aliphatic rings. The predicted octanol–water partition coefficient (Wildman–Crippen LogP) is 4.35. The van der Waals surface area contributed by atoms with Crippen LogP contribution >= 0.6 is 15.9 Å². The third-order valence-corrected chi connectivity index (χ3v) is 3.66. The fraction of sp³-hybridized carbons (Fsp3) is 0.176. The van der Waals surface area contributed by atoms with Crippen LogP contribution in [0.1, 0.15) is 23.0 Å². The zero-order valence-electron chi connectivity index (χ0n) is 12.4. The average molecular weight is 376 g/mol. The Hall–Kier alpha value is -2.34. The average Bonchev–Trinajstić information content (AvgIpc) is 2.97. The summed E-state index contributed by atoms with van der Waals surface area (Å²) in [4.78, 5) is 16.2. The van der Waals surface area contributed by atoms with Gasteiger partial charge in [0, 0.05) is 16.1 Å². The number of rotatable bonds is 5. The van der Waals surface area contributed by atoms with Gasteiger partial charge in [-0.05, 0) is 31.2 Å². The molecule has 118 valence electrons. The maximum absolute atomic E-state index is 12.0. The van der Waals surface area contributed by atoms with Gasteiger partial charge in [-0.1, -0.05) is 22.0 Å². The number of hydrogen-bond donors (Lipinski definition) is 0. The Morgan fingerprint density at radius 2 is 2.22 bits per heavy atom. The Kier molecular flexibility index (Phi) is 4.62. The second kappa shape index (κ2) is 6.83. The number of ether oxygens (including phenoxy) is 2. The fourth-order valence-electron chi connectivity index (χ4n) is 2.18. The molecule has 2 heterocycles. The standard InChI is InChI=1S/C17H14BrNO4/c1-2-21-17(20)14-10-23-16-13(14)7-11(18)8-15(16)22-9-12-5-3-4-6-19-12/h3-8,10H,2,9H2,1H3. The molecule has 0 N–H and O–H groups in total. The normalized spacial score (nSPS) is 10.7. The zero-order valence-corrected chi connectivity index (χ0v) is 14.0. The van der Waals surface area contributed by atoms with Gasteiger partial charge < -0.3 is 13.9 Å². The van der Waals surface area contributed by atoms with E-state index in [1.807, 2.05) is 18.2 Å². The number of hydrogen-bond acceptors (Lipinski definition) is 5. The molecule has 0 amide bonds. The summed E-state index contributed by atoms with van der Waals surface area (Å²) in [5.74, 6) is 0.121. The minimum atomic E-state index is -0.417. The van der Waals surface area contributed by atoms with Crippen LogP contribution < -0.4 is 4.74 Å². The zero-order chi connectivity index (χ0) is 16.2. The van der Waals surface area contributed by atoms with E-state index in [0.717, 1.165) is 10.2 Å². The molecule has 0 aliphatic heterocycles. The molecular formula is C17H14BrNO4. The summed E-state index contributed by atoms with van der Waals surface area (Å²) in [6.07, 6.45) is 3.10. The second-order valence-corrected chi connectivity index (χ2v) is 5.68. The van der Waals surface area contributed by atoms with E-state index in [2.05, 4.69) is 20.9 Å². The van der Waals surface area contributed by atoms with Crippen LogP contribution in [0.15, 0.2) is 51.7 Å². The monoisotopic (exact) mass is 375 g/mol. The van der Waals surface area contributed by atoms with Crippen LogP contribution in [0.25, 0.3) is 11.0 Å². The summed E-state index contributed by atoms with van der Waals surface area (Å²) in [5, 5.41) is 0.647. The topological polar surface area (TPSA) is 61.6 Å². The molecule has 0 saturated carbocycles. The molecule has 23 heavy (non-hydrogen) atoms. The molecular weight excluding hydrogens is 362 g/mol. The van der Waals surface area contributed by atoms with Gasteiger partial charge in [-0.3, -0.25) is 4.98 Å². The number of aromatic nitrogens is 1. The van der Waals surface area contributed by atoms with Gasteiger partial charge in [0.05, 0.1) is 12.3 Å². The molecule has 2 aromatic heterocycles. The lowest BCUT2D eigenvalue weighted by molar-refractivity contribution is 0.0527. The van der Waals surface area contributed by atoms with E-state index >= 15 is 0 Å². The Morgan fingerprint density at radius 3 is 2.96 bits per heavy atom. The first-order valence-electron chi connectivity index (χ1n) is 7.09. The highest BCUT2D eigenvalue weighted by Crippen LogP contribution is 2.34. The van der Waals surface area contributed by atoms with Gasteiger partial charge in [0.25, 0.3) is 0 Å². The molecule has 3 aromatic rings. The van der Waals surface area contributed by atoms with Crippen molar-refractivity contribution in [2.24, 2.45) is 0 Å². The molecule has 0 saturated heterocycles. The van der Waals surface area contributed by atoms with E-state index in [1.54, 1.807) is 25.3 Å². The van der Waals surface area contributed by atoms with E-state index < -0.39 is 5.97 Å². The highest BCUT2D eigenvalue weighted by atomic mass is 79.9. The van der Waals surface area contributed by atoms with Crippen molar-refractivity contribution in [1.82, 2.24) is 4.98 Å². The van der Waals surface area contributed by atoms with Gasteiger partial charge in [-0.25, -0.2) is 4.79 Å². The number of halogens is 1. The molecule has 0 spiro atoms. The Bertz CT molecular complexity index is 829. The summed E-state index contributed by atoms with van der Waals surface area (Å²) in [6, 6.07) is 9.22. The number of fused-ring (bicyclic) bond motifs is 1.